The standard InChI is InChI=1S/C15H27N3/c1-4-8-16-14-7-6-12(9-14)10-15-11-13(5-2)17-18(15)3/h11-12,14,16H,4-10H2,1-3H3. The van der Waals surface area contributed by atoms with Gasteiger partial charge < -0.3 is 5.32 Å². The summed E-state index contributed by atoms with van der Waals surface area (Å²) in [6.45, 7) is 5.58. The molecule has 0 aliphatic heterocycles. The van der Waals surface area contributed by atoms with E-state index in [0.29, 0.717) is 0 Å². The van der Waals surface area contributed by atoms with Gasteiger partial charge in [-0.1, -0.05) is 13.8 Å². The van der Waals surface area contributed by atoms with E-state index in [1.165, 1.54) is 50.0 Å². The number of nitrogens with one attached hydrogen (secondary N) is 1. The van der Waals surface area contributed by atoms with Crippen molar-refractivity contribution in [1.29, 1.82) is 0 Å². The highest BCUT2D eigenvalue weighted by Gasteiger charge is 2.25. The van der Waals surface area contributed by atoms with Crippen LogP contribution in [0.1, 0.15) is 50.9 Å². The van der Waals surface area contributed by atoms with E-state index in [-0.39, 0.29) is 0 Å². The third-order valence-corrected chi connectivity index (χ3v) is 4.11. The smallest absolute Gasteiger partial charge is 0.0624 e. The maximum Gasteiger partial charge on any atom is 0.0624 e. The lowest BCUT2D eigenvalue weighted by Crippen LogP contribution is -2.27. The van der Waals surface area contributed by atoms with Crippen molar-refractivity contribution in [2.45, 2.75) is 58.4 Å². The first-order valence-electron chi connectivity index (χ1n) is 7.48. The molecule has 2 unspecified atom stereocenters. The first kappa shape index (κ1) is 13.6. The lowest BCUT2D eigenvalue weighted by Gasteiger charge is -2.12. The third-order valence-electron chi connectivity index (χ3n) is 4.11. The van der Waals surface area contributed by atoms with Crippen molar-refractivity contribution in [1.82, 2.24) is 15.1 Å². The van der Waals surface area contributed by atoms with E-state index >= 15 is 0 Å². The van der Waals surface area contributed by atoms with Gasteiger partial charge in [0.2, 0.25) is 0 Å². The van der Waals surface area contributed by atoms with Gasteiger partial charge in [-0.25, -0.2) is 0 Å². The van der Waals surface area contributed by atoms with E-state index in [9.17, 15) is 0 Å². The number of hydrogen-bond acceptors (Lipinski definition) is 2. The number of hydrogen-bond donors (Lipinski definition) is 1. The van der Waals surface area contributed by atoms with E-state index in [0.717, 1.165) is 18.4 Å². The van der Waals surface area contributed by atoms with Crippen LogP contribution < -0.4 is 5.32 Å². The summed E-state index contributed by atoms with van der Waals surface area (Å²) in [5.41, 5.74) is 2.64. The quantitative estimate of drug-likeness (QED) is 0.840. The van der Waals surface area contributed by atoms with Crippen molar-refractivity contribution in [2.75, 3.05) is 6.54 Å². The van der Waals surface area contributed by atoms with E-state index < -0.39 is 0 Å². The average Bonchev–Trinajstić information content (AvgIpc) is 2.95. The number of aryl methyl sites for hydroxylation is 2. The molecule has 1 aromatic heterocycles. The highest BCUT2D eigenvalue weighted by Crippen LogP contribution is 2.28. The van der Waals surface area contributed by atoms with Crippen molar-refractivity contribution in [2.24, 2.45) is 13.0 Å². The Labute approximate surface area is 111 Å². The van der Waals surface area contributed by atoms with E-state index in [1.807, 2.05) is 0 Å². The molecule has 3 nitrogen and oxygen atoms in total. The fraction of sp³-hybridized carbons (Fsp3) is 0.800. The summed E-state index contributed by atoms with van der Waals surface area (Å²) >= 11 is 0. The summed E-state index contributed by atoms with van der Waals surface area (Å²) in [6, 6.07) is 3.04. The fourth-order valence-corrected chi connectivity index (χ4v) is 3.03. The molecule has 1 fully saturated rings. The molecule has 1 aliphatic rings. The predicted molar refractivity (Wildman–Crippen MR) is 75.7 cm³/mol. The fourth-order valence-electron chi connectivity index (χ4n) is 3.03. The summed E-state index contributed by atoms with van der Waals surface area (Å²) in [7, 11) is 2.08. The molecule has 1 saturated carbocycles. The Morgan fingerprint density at radius 1 is 1.39 bits per heavy atom. The lowest BCUT2D eigenvalue weighted by atomic mass is 10.0. The average molecular weight is 249 g/mol. The minimum absolute atomic E-state index is 0.758. The van der Waals surface area contributed by atoms with Crippen LogP contribution in [0.15, 0.2) is 6.07 Å². The highest BCUT2D eigenvalue weighted by atomic mass is 15.3. The largest absolute Gasteiger partial charge is 0.314 e. The van der Waals surface area contributed by atoms with Crippen LogP contribution in [0, 0.1) is 5.92 Å². The van der Waals surface area contributed by atoms with Crippen molar-refractivity contribution in [3.05, 3.63) is 17.5 Å². The monoisotopic (exact) mass is 249 g/mol. The number of aromatic nitrogens is 2. The molecule has 0 spiro atoms. The number of nitrogens with zero attached hydrogens (tertiary/aromatic N) is 2. The molecule has 1 aliphatic carbocycles. The second-order valence-corrected chi connectivity index (χ2v) is 5.64. The van der Waals surface area contributed by atoms with Gasteiger partial charge in [0.25, 0.3) is 0 Å². The third kappa shape index (κ3) is 3.35. The topological polar surface area (TPSA) is 29.9 Å². The molecule has 0 amide bonds. The molecule has 0 bridgehead atoms. The van der Waals surface area contributed by atoms with Crippen molar-refractivity contribution >= 4 is 0 Å². The zero-order valence-electron chi connectivity index (χ0n) is 12.1. The first-order valence-corrected chi connectivity index (χ1v) is 7.48. The van der Waals surface area contributed by atoms with Crippen LogP contribution >= 0.6 is 0 Å². The Balaban J connectivity index is 1.85. The Kier molecular flexibility index (Phi) is 4.81. The van der Waals surface area contributed by atoms with Gasteiger partial charge in [0.15, 0.2) is 0 Å². The predicted octanol–water partition coefficient (Wildman–Crippen LogP) is 2.69. The van der Waals surface area contributed by atoms with Crippen LogP contribution in [-0.2, 0) is 19.9 Å². The van der Waals surface area contributed by atoms with Crippen LogP contribution in [0.3, 0.4) is 0 Å². The highest BCUT2D eigenvalue weighted by molar-refractivity contribution is 5.11. The molecule has 1 N–H and O–H groups in total. The molecule has 18 heavy (non-hydrogen) atoms. The Bertz CT molecular complexity index is 370. The van der Waals surface area contributed by atoms with Crippen molar-refractivity contribution in [3.63, 3.8) is 0 Å². The molecule has 0 saturated heterocycles. The van der Waals surface area contributed by atoms with Crippen LogP contribution in [0.4, 0.5) is 0 Å². The molecule has 2 rings (SSSR count). The molecule has 3 heteroatoms. The van der Waals surface area contributed by atoms with Crippen LogP contribution in [0.2, 0.25) is 0 Å². The van der Waals surface area contributed by atoms with E-state index in [1.54, 1.807) is 0 Å². The van der Waals surface area contributed by atoms with Crippen molar-refractivity contribution < 1.29 is 0 Å². The second-order valence-electron chi connectivity index (χ2n) is 5.64. The summed E-state index contributed by atoms with van der Waals surface area (Å²) < 4.78 is 2.08. The summed E-state index contributed by atoms with van der Waals surface area (Å²) in [5, 5.41) is 8.20. The molecule has 1 heterocycles. The SMILES string of the molecule is CCCNC1CCC(Cc2cc(CC)nn2C)C1. The summed E-state index contributed by atoms with van der Waals surface area (Å²) in [4.78, 5) is 0. The molecule has 1 aromatic rings. The minimum Gasteiger partial charge on any atom is -0.314 e. The van der Waals surface area contributed by atoms with Gasteiger partial charge in [0, 0.05) is 18.8 Å². The zero-order valence-corrected chi connectivity index (χ0v) is 12.1. The van der Waals surface area contributed by atoms with E-state index in [4.69, 9.17) is 0 Å². The second kappa shape index (κ2) is 6.37. The summed E-state index contributed by atoms with van der Waals surface area (Å²) in [6.07, 6.45) is 7.54. The van der Waals surface area contributed by atoms with Gasteiger partial charge in [-0.15, -0.1) is 0 Å². The first-order chi connectivity index (χ1) is 8.72. The van der Waals surface area contributed by atoms with Crippen molar-refractivity contribution in [3.8, 4) is 0 Å². The van der Waals surface area contributed by atoms with E-state index in [2.05, 4.69) is 42.1 Å². The maximum atomic E-state index is 4.54. The Morgan fingerprint density at radius 3 is 2.89 bits per heavy atom. The minimum atomic E-state index is 0.758. The molecule has 102 valence electrons. The Hall–Kier alpha value is -0.830. The van der Waals surface area contributed by atoms with Crippen LogP contribution in [0.5, 0.6) is 0 Å². The Morgan fingerprint density at radius 2 is 2.22 bits per heavy atom. The normalized spacial score (nSPS) is 23.7. The van der Waals surface area contributed by atoms with Gasteiger partial charge >= 0.3 is 0 Å². The lowest BCUT2D eigenvalue weighted by molar-refractivity contribution is 0.475. The number of rotatable bonds is 6. The van der Waals surface area contributed by atoms with Gasteiger partial charge in [-0.3, -0.25) is 4.68 Å². The van der Waals surface area contributed by atoms with Gasteiger partial charge in [0.1, 0.15) is 0 Å². The molecule has 0 aromatic carbocycles. The maximum absolute atomic E-state index is 4.54. The molecular formula is C15H27N3. The zero-order chi connectivity index (χ0) is 13.0. The van der Waals surface area contributed by atoms with Gasteiger partial charge in [-0.2, -0.15) is 5.10 Å². The molecule has 2 atom stereocenters. The van der Waals surface area contributed by atoms with Crippen LogP contribution in [-0.4, -0.2) is 22.4 Å². The van der Waals surface area contributed by atoms with Crippen LogP contribution in [0.25, 0.3) is 0 Å². The van der Waals surface area contributed by atoms with Gasteiger partial charge in [0.05, 0.1) is 5.69 Å². The summed E-state index contributed by atoms with van der Waals surface area (Å²) in [5.74, 6) is 0.847. The molecular weight excluding hydrogens is 222 g/mol. The van der Waals surface area contributed by atoms with Gasteiger partial charge in [-0.05, 0) is 57.1 Å². The molecule has 0 radical (unpaired) electrons.